The Balaban J connectivity index is 2.91. The van der Waals surface area contributed by atoms with Gasteiger partial charge in [0.25, 0.3) is 0 Å². The molecule has 0 radical (unpaired) electrons. The van der Waals surface area contributed by atoms with Gasteiger partial charge in [0, 0.05) is 6.42 Å². The van der Waals surface area contributed by atoms with Gasteiger partial charge in [-0.15, -0.1) is 0 Å². The Hall–Kier alpha value is -2.04. The molecule has 1 aromatic rings. The number of amides is 1. The van der Waals surface area contributed by atoms with Gasteiger partial charge in [-0.2, -0.15) is 0 Å². The molecule has 1 amide bonds. The van der Waals surface area contributed by atoms with Crippen molar-refractivity contribution in [3.63, 3.8) is 0 Å². The van der Waals surface area contributed by atoms with Crippen molar-refractivity contribution in [3.05, 3.63) is 29.3 Å². The summed E-state index contributed by atoms with van der Waals surface area (Å²) in [6.07, 6.45) is 0.433. The maximum absolute atomic E-state index is 11.9. The number of benzene rings is 1. The quantitative estimate of drug-likeness (QED) is 0.847. The van der Waals surface area contributed by atoms with Gasteiger partial charge in [-0.1, -0.05) is 6.07 Å². The molecule has 0 aliphatic heterocycles. The summed E-state index contributed by atoms with van der Waals surface area (Å²) < 4.78 is 10.4. The Kier molecular flexibility index (Phi) is 5.76. The van der Waals surface area contributed by atoms with Crippen LogP contribution >= 0.6 is 0 Å². The molecule has 0 bridgehead atoms. The van der Waals surface area contributed by atoms with Crippen LogP contribution in [0.3, 0.4) is 0 Å². The van der Waals surface area contributed by atoms with Crippen LogP contribution < -0.4 is 10.1 Å². The zero-order chi connectivity index (χ0) is 16.0. The number of aryl methyl sites for hydroxylation is 1. The molecule has 0 aliphatic rings. The van der Waals surface area contributed by atoms with Crippen LogP contribution in [-0.2, 0) is 9.53 Å². The van der Waals surface area contributed by atoms with Gasteiger partial charge in [0.2, 0.25) is 0 Å². The lowest BCUT2D eigenvalue weighted by molar-refractivity contribution is -0.108. The molecule has 0 saturated carbocycles. The molecule has 5 heteroatoms. The molecule has 0 heterocycles. The van der Waals surface area contributed by atoms with Gasteiger partial charge in [0.15, 0.2) is 0 Å². The van der Waals surface area contributed by atoms with E-state index in [1.807, 2.05) is 19.1 Å². The first-order valence-corrected chi connectivity index (χ1v) is 6.84. The van der Waals surface area contributed by atoms with Crippen molar-refractivity contribution in [3.8, 4) is 5.75 Å². The van der Waals surface area contributed by atoms with Gasteiger partial charge < -0.3 is 19.6 Å². The van der Waals surface area contributed by atoms with E-state index in [1.165, 1.54) is 0 Å². The third-order valence-electron chi connectivity index (χ3n) is 2.88. The second-order valence-corrected chi connectivity index (χ2v) is 5.82. The number of methoxy groups -OCH3 is 1. The molecular formula is C16H23NO4. The molecule has 0 aliphatic carbocycles. The van der Waals surface area contributed by atoms with E-state index in [0.29, 0.717) is 0 Å². The first kappa shape index (κ1) is 17.0. The second kappa shape index (κ2) is 7.11. The number of aldehydes is 1. The molecule has 116 valence electrons. The molecule has 0 spiro atoms. The predicted octanol–water partition coefficient (Wildman–Crippen LogP) is 3.16. The molecule has 5 nitrogen and oxygen atoms in total. The van der Waals surface area contributed by atoms with Crippen LogP contribution in [0.5, 0.6) is 5.75 Å². The van der Waals surface area contributed by atoms with Gasteiger partial charge in [-0.3, -0.25) is 0 Å². The van der Waals surface area contributed by atoms with Crippen LogP contribution in [0.15, 0.2) is 18.2 Å². The van der Waals surface area contributed by atoms with Crippen molar-refractivity contribution < 1.29 is 19.1 Å². The summed E-state index contributed by atoms with van der Waals surface area (Å²) in [5.41, 5.74) is 1.23. The Morgan fingerprint density at radius 2 is 2.05 bits per heavy atom. The summed E-state index contributed by atoms with van der Waals surface area (Å²) in [5.74, 6) is 0.735. The Morgan fingerprint density at radius 1 is 1.38 bits per heavy atom. The zero-order valence-electron chi connectivity index (χ0n) is 13.2. The van der Waals surface area contributed by atoms with Crippen molar-refractivity contribution in [1.29, 1.82) is 0 Å². The lowest BCUT2D eigenvalue weighted by Gasteiger charge is -2.24. The zero-order valence-corrected chi connectivity index (χ0v) is 13.2. The summed E-state index contributed by atoms with van der Waals surface area (Å²) in [6, 6.07) is 5.10. The molecule has 21 heavy (non-hydrogen) atoms. The summed E-state index contributed by atoms with van der Waals surface area (Å²) in [7, 11) is 1.59. The van der Waals surface area contributed by atoms with E-state index in [-0.39, 0.29) is 6.42 Å². The number of rotatable bonds is 5. The van der Waals surface area contributed by atoms with E-state index in [0.717, 1.165) is 23.2 Å². The number of hydrogen-bond acceptors (Lipinski definition) is 4. The number of hydrogen-bond donors (Lipinski definition) is 1. The molecule has 1 aromatic carbocycles. The summed E-state index contributed by atoms with van der Waals surface area (Å²) >= 11 is 0. The van der Waals surface area contributed by atoms with Crippen LogP contribution in [0.25, 0.3) is 0 Å². The van der Waals surface area contributed by atoms with Crippen molar-refractivity contribution in [1.82, 2.24) is 5.32 Å². The second-order valence-electron chi connectivity index (χ2n) is 5.82. The van der Waals surface area contributed by atoms with E-state index in [2.05, 4.69) is 5.32 Å². The Labute approximate surface area is 125 Å². The lowest BCUT2D eigenvalue weighted by Crippen LogP contribution is -2.35. The first-order chi connectivity index (χ1) is 9.76. The normalized spacial score (nSPS) is 12.4. The van der Waals surface area contributed by atoms with Gasteiger partial charge in [-0.25, -0.2) is 4.79 Å². The smallest absolute Gasteiger partial charge is 0.408 e. The summed E-state index contributed by atoms with van der Waals surface area (Å²) in [6.45, 7) is 7.28. The lowest BCUT2D eigenvalue weighted by atomic mass is 9.99. The van der Waals surface area contributed by atoms with Crippen molar-refractivity contribution in [2.75, 3.05) is 7.11 Å². The Bertz CT molecular complexity index is 505. The number of carbonyl (C=O) groups excluding carboxylic acids is 2. The third-order valence-corrected chi connectivity index (χ3v) is 2.88. The van der Waals surface area contributed by atoms with Gasteiger partial charge in [0.1, 0.15) is 17.6 Å². The highest BCUT2D eigenvalue weighted by Crippen LogP contribution is 2.24. The highest BCUT2D eigenvalue weighted by atomic mass is 16.6. The summed E-state index contributed by atoms with van der Waals surface area (Å²) in [4.78, 5) is 22.8. The number of alkyl carbamates (subject to hydrolysis) is 1. The number of carbonyl (C=O) groups is 2. The molecule has 1 N–H and O–H groups in total. The van der Waals surface area contributed by atoms with E-state index in [4.69, 9.17) is 9.47 Å². The highest BCUT2D eigenvalue weighted by molar-refractivity contribution is 5.69. The van der Waals surface area contributed by atoms with Crippen LogP contribution in [0.2, 0.25) is 0 Å². The first-order valence-electron chi connectivity index (χ1n) is 6.84. The average Bonchev–Trinajstić information content (AvgIpc) is 2.35. The Morgan fingerprint density at radius 3 is 2.52 bits per heavy atom. The topological polar surface area (TPSA) is 64.6 Å². The molecule has 1 atom stereocenters. The van der Waals surface area contributed by atoms with Gasteiger partial charge >= 0.3 is 6.09 Å². The van der Waals surface area contributed by atoms with Crippen LogP contribution in [0.4, 0.5) is 4.79 Å². The predicted molar refractivity (Wildman–Crippen MR) is 80.5 cm³/mol. The molecule has 0 unspecified atom stereocenters. The maximum atomic E-state index is 11.9. The van der Waals surface area contributed by atoms with Gasteiger partial charge in [0.05, 0.1) is 13.2 Å². The minimum absolute atomic E-state index is 0.187. The number of nitrogens with one attached hydrogen (secondary N) is 1. The fraction of sp³-hybridized carbons (Fsp3) is 0.500. The molecule has 1 rings (SSSR count). The fourth-order valence-corrected chi connectivity index (χ4v) is 1.98. The van der Waals surface area contributed by atoms with Crippen molar-refractivity contribution in [2.45, 2.75) is 45.8 Å². The maximum Gasteiger partial charge on any atom is 0.408 e. The van der Waals surface area contributed by atoms with E-state index < -0.39 is 17.7 Å². The van der Waals surface area contributed by atoms with Crippen LogP contribution in [-0.4, -0.2) is 25.1 Å². The minimum atomic E-state index is -0.579. The van der Waals surface area contributed by atoms with Crippen molar-refractivity contribution >= 4 is 12.4 Å². The van der Waals surface area contributed by atoms with E-state index in [1.54, 1.807) is 33.9 Å². The molecule has 0 saturated heterocycles. The van der Waals surface area contributed by atoms with E-state index >= 15 is 0 Å². The minimum Gasteiger partial charge on any atom is -0.497 e. The van der Waals surface area contributed by atoms with E-state index in [9.17, 15) is 9.59 Å². The standard InChI is InChI=1S/C16H23NO4/c1-11-10-12(20-5)6-7-13(11)14(8-9-18)17-15(19)21-16(2,3)4/h6-7,9-10,14H,8H2,1-5H3,(H,17,19)/t14-/m0/s1. The SMILES string of the molecule is COc1ccc([C@H](CC=O)NC(=O)OC(C)(C)C)c(C)c1. The molecular weight excluding hydrogens is 270 g/mol. The summed E-state index contributed by atoms with van der Waals surface area (Å²) in [5, 5.41) is 2.74. The van der Waals surface area contributed by atoms with Crippen molar-refractivity contribution in [2.24, 2.45) is 0 Å². The average molecular weight is 293 g/mol. The van der Waals surface area contributed by atoms with Crippen LogP contribution in [0, 0.1) is 6.92 Å². The van der Waals surface area contributed by atoms with Gasteiger partial charge in [-0.05, 0) is 51.0 Å². The highest BCUT2D eigenvalue weighted by Gasteiger charge is 2.21. The largest absolute Gasteiger partial charge is 0.497 e. The monoisotopic (exact) mass is 293 g/mol. The molecule has 0 aromatic heterocycles. The third kappa shape index (κ3) is 5.45. The van der Waals surface area contributed by atoms with Crippen LogP contribution in [0.1, 0.15) is 44.4 Å². The molecule has 0 fully saturated rings. The fourth-order valence-electron chi connectivity index (χ4n) is 1.98. The number of ether oxygens (including phenoxy) is 2.